The van der Waals surface area contributed by atoms with Crippen LogP contribution in [0, 0.1) is 10.1 Å². The molecule has 18 heavy (non-hydrogen) atoms. The first-order valence-corrected chi connectivity index (χ1v) is 6.62. The Morgan fingerprint density at radius 3 is 3.17 bits per heavy atom. The summed E-state index contributed by atoms with van der Waals surface area (Å²) in [5.41, 5.74) is 0. The van der Waals surface area contributed by atoms with Crippen LogP contribution in [0.5, 0.6) is 0 Å². The highest BCUT2D eigenvalue weighted by molar-refractivity contribution is 7.99. The highest BCUT2D eigenvalue weighted by Crippen LogP contribution is 2.15. The smallest absolute Gasteiger partial charge is 0.259 e. The number of oxazole rings is 1. The van der Waals surface area contributed by atoms with Crippen molar-refractivity contribution in [3.8, 4) is 0 Å². The Hall–Kier alpha value is -1.57. The van der Waals surface area contributed by atoms with Crippen molar-refractivity contribution in [2.24, 2.45) is 4.99 Å². The molecule has 0 fully saturated rings. The van der Waals surface area contributed by atoms with Crippen molar-refractivity contribution in [1.29, 1.82) is 0 Å². The highest BCUT2D eigenvalue weighted by atomic mass is 32.2. The Kier molecular flexibility index (Phi) is 6.85. The Morgan fingerprint density at radius 1 is 1.72 bits per heavy atom. The molecule has 1 aromatic heterocycles. The third-order valence-corrected chi connectivity index (χ3v) is 2.84. The largest absolute Gasteiger partial charge is 0.440 e. The number of aliphatic imine (C=N–C) groups is 1. The van der Waals surface area contributed by atoms with E-state index >= 15 is 0 Å². The summed E-state index contributed by atoms with van der Waals surface area (Å²) in [6.45, 7) is 2.83. The van der Waals surface area contributed by atoms with Gasteiger partial charge in [-0.1, -0.05) is 11.8 Å². The summed E-state index contributed by atoms with van der Waals surface area (Å²) in [4.78, 5) is 18.2. The molecular weight excluding hydrogens is 256 g/mol. The van der Waals surface area contributed by atoms with E-state index in [1.807, 2.05) is 6.92 Å². The lowest BCUT2D eigenvalue weighted by atomic mass is 10.4. The number of nitrogens with zero attached hydrogens (tertiary/aromatic N) is 3. The zero-order valence-corrected chi connectivity index (χ0v) is 11.0. The van der Waals surface area contributed by atoms with Crippen LogP contribution in [0.4, 0.5) is 0 Å². The predicted octanol–water partition coefficient (Wildman–Crippen LogP) is 1.44. The topological polar surface area (TPSA) is 93.6 Å². The lowest BCUT2D eigenvalue weighted by Crippen LogP contribution is -2.30. The summed E-state index contributed by atoms with van der Waals surface area (Å²) in [6.07, 6.45) is 3.95. The van der Waals surface area contributed by atoms with Gasteiger partial charge in [-0.15, -0.1) is 0 Å². The van der Waals surface area contributed by atoms with Crippen LogP contribution >= 0.6 is 11.8 Å². The number of hydrogen-bond donors (Lipinski definition) is 1. The van der Waals surface area contributed by atoms with E-state index in [4.69, 9.17) is 4.42 Å². The van der Waals surface area contributed by atoms with Gasteiger partial charge in [-0.25, -0.2) is 4.98 Å². The van der Waals surface area contributed by atoms with E-state index in [2.05, 4.69) is 15.3 Å². The average molecular weight is 272 g/mol. The van der Waals surface area contributed by atoms with Crippen LogP contribution in [0.1, 0.15) is 13.3 Å². The average Bonchev–Trinajstić information content (AvgIpc) is 2.81. The lowest BCUT2D eigenvalue weighted by molar-refractivity contribution is -0.463. The number of amidine groups is 1. The quantitative estimate of drug-likeness (QED) is 0.192. The molecule has 8 heteroatoms. The number of rotatable bonds is 8. The normalized spacial score (nSPS) is 11.5. The maximum Gasteiger partial charge on any atom is 0.259 e. The molecule has 0 saturated heterocycles. The predicted molar refractivity (Wildman–Crippen MR) is 69.7 cm³/mol. The number of aromatic nitrogens is 1. The third kappa shape index (κ3) is 6.24. The molecule has 1 aromatic rings. The van der Waals surface area contributed by atoms with E-state index in [9.17, 15) is 10.1 Å². The molecular formula is C10H16N4O3S. The molecule has 0 saturated carbocycles. The number of hydrogen-bond acceptors (Lipinski definition) is 6. The van der Waals surface area contributed by atoms with Crippen molar-refractivity contribution in [2.45, 2.75) is 18.6 Å². The second-order valence-corrected chi connectivity index (χ2v) is 4.40. The van der Waals surface area contributed by atoms with Gasteiger partial charge in [0.25, 0.3) is 11.8 Å². The Balaban J connectivity index is 2.21. The standard InChI is InChI=1S/C10H16N4O3S/c1-2-11-9(8-14(15)16)12-4-3-7-18-10-13-5-6-17-10/h5-6H,2-4,7-8H2,1H3,(H,11,12). The van der Waals surface area contributed by atoms with E-state index in [-0.39, 0.29) is 11.5 Å². The first-order valence-electron chi connectivity index (χ1n) is 5.63. The van der Waals surface area contributed by atoms with Gasteiger partial charge in [-0.3, -0.25) is 15.1 Å². The molecule has 7 nitrogen and oxygen atoms in total. The molecule has 0 radical (unpaired) electrons. The van der Waals surface area contributed by atoms with Crippen molar-refractivity contribution in [2.75, 3.05) is 25.4 Å². The van der Waals surface area contributed by atoms with Crippen LogP contribution in [-0.2, 0) is 0 Å². The molecule has 1 N–H and O–H groups in total. The monoisotopic (exact) mass is 272 g/mol. The Labute approximate surface area is 109 Å². The molecule has 0 aliphatic heterocycles. The van der Waals surface area contributed by atoms with E-state index < -0.39 is 0 Å². The van der Waals surface area contributed by atoms with Gasteiger partial charge in [0, 0.05) is 23.8 Å². The summed E-state index contributed by atoms with van der Waals surface area (Å²) in [5.74, 6) is 1.26. The number of thioether (sulfide) groups is 1. The number of nitro groups is 1. The summed E-state index contributed by atoms with van der Waals surface area (Å²) in [6, 6.07) is 0. The fourth-order valence-corrected chi connectivity index (χ4v) is 1.91. The first-order chi connectivity index (χ1) is 8.72. The highest BCUT2D eigenvalue weighted by Gasteiger charge is 2.05. The van der Waals surface area contributed by atoms with Crippen molar-refractivity contribution < 1.29 is 9.34 Å². The molecule has 100 valence electrons. The zero-order valence-electron chi connectivity index (χ0n) is 10.2. The molecule has 0 aliphatic carbocycles. The van der Waals surface area contributed by atoms with Crippen molar-refractivity contribution in [3.63, 3.8) is 0 Å². The molecule has 1 heterocycles. The van der Waals surface area contributed by atoms with Crippen molar-refractivity contribution in [3.05, 3.63) is 22.6 Å². The fourth-order valence-electron chi connectivity index (χ4n) is 1.21. The van der Waals surface area contributed by atoms with Gasteiger partial charge < -0.3 is 9.73 Å². The van der Waals surface area contributed by atoms with Gasteiger partial charge in [0.1, 0.15) is 6.26 Å². The van der Waals surface area contributed by atoms with Crippen molar-refractivity contribution in [1.82, 2.24) is 10.3 Å². The Morgan fingerprint density at radius 2 is 2.56 bits per heavy atom. The minimum absolute atomic E-state index is 0.249. The van der Waals surface area contributed by atoms with Gasteiger partial charge in [0.05, 0.1) is 6.20 Å². The van der Waals surface area contributed by atoms with Gasteiger partial charge in [-0.05, 0) is 13.3 Å². The molecule has 0 atom stereocenters. The van der Waals surface area contributed by atoms with Gasteiger partial charge in [0.15, 0.2) is 5.84 Å². The lowest BCUT2D eigenvalue weighted by Gasteiger charge is -2.03. The van der Waals surface area contributed by atoms with Crippen LogP contribution in [0.15, 0.2) is 27.1 Å². The number of likely N-dealkylation sites (N-methyl/N-ethyl adjacent to an activating group) is 1. The van der Waals surface area contributed by atoms with Crippen LogP contribution in [0.2, 0.25) is 0 Å². The van der Waals surface area contributed by atoms with Crippen LogP contribution < -0.4 is 5.32 Å². The summed E-state index contributed by atoms with van der Waals surface area (Å²) >= 11 is 1.50. The summed E-state index contributed by atoms with van der Waals surface area (Å²) in [5, 5.41) is 13.9. The van der Waals surface area contributed by atoms with E-state index in [0.29, 0.717) is 24.1 Å². The first kappa shape index (κ1) is 14.5. The Bertz CT molecular complexity index is 380. The van der Waals surface area contributed by atoms with Gasteiger partial charge in [0.2, 0.25) is 0 Å². The van der Waals surface area contributed by atoms with Crippen LogP contribution in [-0.4, -0.2) is 41.1 Å². The van der Waals surface area contributed by atoms with E-state index in [1.54, 1.807) is 6.20 Å². The molecule has 0 bridgehead atoms. The summed E-state index contributed by atoms with van der Waals surface area (Å²) < 4.78 is 5.07. The minimum Gasteiger partial charge on any atom is -0.440 e. The van der Waals surface area contributed by atoms with Crippen molar-refractivity contribution >= 4 is 17.6 Å². The molecule has 0 spiro atoms. The third-order valence-electron chi connectivity index (χ3n) is 1.90. The second-order valence-electron chi connectivity index (χ2n) is 3.35. The summed E-state index contributed by atoms with van der Waals surface area (Å²) in [7, 11) is 0. The second kappa shape index (κ2) is 8.51. The molecule has 0 unspecified atom stereocenters. The maximum atomic E-state index is 10.4. The van der Waals surface area contributed by atoms with E-state index in [1.165, 1.54) is 18.0 Å². The molecule has 0 amide bonds. The molecule has 0 aromatic carbocycles. The molecule has 1 rings (SSSR count). The SMILES string of the molecule is CCNC(C[N+](=O)[O-])=NCCCSc1ncco1. The van der Waals surface area contributed by atoms with Crippen LogP contribution in [0.3, 0.4) is 0 Å². The van der Waals surface area contributed by atoms with E-state index in [0.717, 1.165) is 12.2 Å². The minimum atomic E-state index is -0.386. The molecule has 0 aliphatic rings. The van der Waals surface area contributed by atoms with Gasteiger partial charge in [-0.2, -0.15) is 0 Å². The number of nitrogens with one attached hydrogen (secondary N) is 1. The maximum absolute atomic E-state index is 10.4. The van der Waals surface area contributed by atoms with Gasteiger partial charge >= 0.3 is 0 Å². The van der Waals surface area contributed by atoms with Crippen LogP contribution in [0.25, 0.3) is 0 Å². The zero-order chi connectivity index (χ0) is 13.2. The fraction of sp³-hybridized carbons (Fsp3) is 0.600.